The first-order valence-corrected chi connectivity index (χ1v) is 11.0. The highest BCUT2D eigenvalue weighted by atomic mass is 32.2. The number of fused-ring (bicyclic) bond motifs is 1. The average molecular weight is 425 g/mol. The maximum Gasteiger partial charge on any atom is 0.274 e. The van der Waals surface area contributed by atoms with Gasteiger partial charge in [0.1, 0.15) is 22.8 Å². The predicted molar refractivity (Wildman–Crippen MR) is 115 cm³/mol. The van der Waals surface area contributed by atoms with Crippen LogP contribution >= 0.6 is 0 Å². The molecule has 0 saturated carbocycles. The zero-order valence-corrected chi connectivity index (χ0v) is 17.3. The van der Waals surface area contributed by atoms with Gasteiger partial charge < -0.3 is 14.3 Å². The molecule has 1 atom stereocenters. The Bertz CT molecular complexity index is 1400. The molecular formula is C22H20FN3O3S. The van der Waals surface area contributed by atoms with E-state index < -0.39 is 9.73 Å². The van der Waals surface area contributed by atoms with Crippen LogP contribution in [0, 0.1) is 10.6 Å². The van der Waals surface area contributed by atoms with Crippen LogP contribution < -0.4 is 10.3 Å². The molecule has 30 heavy (non-hydrogen) atoms. The third-order valence-corrected chi connectivity index (χ3v) is 6.79. The standard InChI is InChI=1S/C22H20FN3O3S/c1-3-30(24,28)16-8-9-20(29-15-6-4-14(23)5-7-15)18(12-16)19-13-26(2)22(27)21-17(19)10-11-25-21/h4-13,24-25H,3H2,1-2H3. The van der Waals surface area contributed by atoms with Gasteiger partial charge in [0, 0.05) is 46.6 Å². The van der Waals surface area contributed by atoms with Gasteiger partial charge in [-0.2, -0.15) is 0 Å². The highest BCUT2D eigenvalue weighted by molar-refractivity contribution is 7.92. The van der Waals surface area contributed by atoms with Crippen molar-refractivity contribution in [3.05, 3.63) is 77.1 Å². The van der Waals surface area contributed by atoms with Gasteiger partial charge in [-0.3, -0.25) is 4.79 Å². The Morgan fingerprint density at radius 1 is 1.13 bits per heavy atom. The summed E-state index contributed by atoms with van der Waals surface area (Å²) in [6.45, 7) is 1.70. The molecule has 1 unspecified atom stereocenters. The summed E-state index contributed by atoms with van der Waals surface area (Å²) < 4.78 is 41.6. The zero-order chi connectivity index (χ0) is 21.5. The molecule has 0 aliphatic rings. The number of benzene rings is 2. The van der Waals surface area contributed by atoms with E-state index in [9.17, 15) is 13.4 Å². The van der Waals surface area contributed by atoms with Crippen molar-refractivity contribution in [3.63, 3.8) is 0 Å². The number of nitrogens with zero attached hydrogens (tertiary/aromatic N) is 1. The lowest BCUT2D eigenvalue weighted by Gasteiger charge is -2.16. The fourth-order valence-electron chi connectivity index (χ4n) is 3.29. The summed E-state index contributed by atoms with van der Waals surface area (Å²) in [6.07, 6.45) is 3.37. The Kier molecular flexibility index (Phi) is 4.95. The number of rotatable bonds is 5. The van der Waals surface area contributed by atoms with E-state index in [0.29, 0.717) is 38.4 Å². The molecule has 0 aliphatic heterocycles. The quantitative estimate of drug-likeness (QED) is 0.477. The number of nitrogens with one attached hydrogen (secondary N) is 2. The van der Waals surface area contributed by atoms with Gasteiger partial charge in [-0.1, -0.05) is 6.92 Å². The van der Waals surface area contributed by atoms with Gasteiger partial charge in [-0.05, 0) is 48.5 Å². The molecule has 0 aliphatic carbocycles. The first kappa shape index (κ1) is 19.9. The highest BCUT2D eigenvalue weighted by Gasteiger charge is 2.18. The Labute approximate surface area is 172 Å². The molecule has 2 aromatic heterocycles. The Balaban J connectivity index is 1.97. The number of H-pyrrole nitrogens is 1. The Hall–Kier alpha value is -3.39. The van der Waals surface area contributed by atoms with Gasteiger partial charge in [0.05, 0.1) is 9.73 Å². The van der Waals surface area contributed by atoms with Crippen LogP contribution in [-0.4, -0.2) is 19.5 Å². The lowest BCUT2D eigenvalue weighted by molar-refractivity contribution is 0.482. The number of aromatic amines is 1. The van der Waals surface area contributed by atoms with E-state index in [1.54, 1.807) is 50.6 Å². The zero-order valence-electron chi connectivity index (χ0n) is 16.4. The number of hydrogen-bond donors (Lipinski definition) is 2. The van der Waals surface area contributed by atoms with Crippen LogP contribution in [0.25, 0.3) is 22.0 Å². The van der Waals surface area contributed by atoms with Gasteiger partial charge in [-0.15, -0.1) is 0 Å². The minimum Gasteiger partial charge on any atom is -0.457 e. The van der Waals surface area contributed by atoms with Crippen molar-refractivity contribution in [2.45, 2.75) is 11.8 Å². The molecule has 154 valence electrons. The van der Waals surface area contributed by atoms with E-state index in [1.165, 1.54) is 28.8 Å². The lowest BCUT2D eigenvalue weighted by Crippen LogP contribution is -2.16. The molecule has 0 bridgehead atoms. The fourth-order valence-corrected chi connectivity index (χ4v) is 4.22. The van der Waals surface area contributed by atoms with Crippen molar-refractivity contribution in [2.75, 3.05) is 5.75 Å². The second-order valence-electron chi connectivity index (χ2n) is 6.90. The number of aromatic nitrogens is 2. The second kappa shape index (κ2) is 7.46. The Morgan fingerprint density at radius 3 is 2.57 bits per heavy atom. The summed E-state index contributed by atoms with van der Waals surface area (Å²) in [4.78, 5) is 15.8. The van der Waals surface area contributed by atoms with Crippen molar-refractivity contribution in [2.24, 2.45) is 7.05 Å². The largest absolute Gasteiger partial charge is 0.457 e. The van der Waals surface area contributed by atoms with Crippen LogP contribution in [-0.2, 0) is 16.8 Å². The van der Waals surface area contributed by atoms with Crippen LogP contribution in [0.5, 0.6) is 11.5 Å². The second-order valence-corrected chi connectivity index (χ2v) is 9.30. The molecule has 2 aromatic carbocycles. The van der Waals surface area contributed by atoms with Crippen molar-refractivity contribution in [1.82, 2.24) is 9.55 Å². The minimum absolute atomic E-state index is 0.172. The molecular weight excluding hydrogens is 405 g/mol. The third kappa shape index (κ3) is 3.50. The molecule has 4 aromatic rings. The van der Waals surface area contributed by atoms with Crippen molar-refractivity contribution < 1.29 is 13.3 Å². The van der Waals surface area contributed by atoms with Crippen molar-refractivity contribution >= 4 is 20.6 Å². The Morgan fingerprint density at radius 2 is 1.87 bits per heavy atom. The molecule has 0 amide bonds. The summed E-state index contributed by atoms with van der Waals surface area (Å²) in [5.74, 6) is 0.680. The predicted octanol–water partition coefficient (Wildman–Crippen LogP) is 4.89. The van der Waals surface area contributed by atoms with Crippen LogP contribution in [0.15, 0.2) is 70.6 Å². The average Bonchev–Trinajstić information content (AvgIpc) is 3.23. The normalized spacial score (nSPS) is 13.3. The van der Waals surface area contributed by atoms with E-state index in [-0.39, 0.29) is 17.1 Å². The summed E-state index contributed by atoms with van der Waals surface area (Å²) in [5, 5.41) is 0.687. The molecule has 8 heteroatoms. The monoisotopic (exact) mass is 425 g/mol. The lowest BCUT2D eigenvalue weighted by atomic mass is 10.0. The van der Waals surface area contributed by atoms with Gasteiger partial charge in [-0.25, -0.2) is 13.4 Å². The molecule has 2 N–H and O–H groups in total. The maximum atomic E-state index is 13.3. The van der Waals surface area contributed by atoms with E-state index in [1.807, 2.05) is 0 Å². The molecule has 6 nitrogen and oxygen atoms in total. The molecule has 0 radical (unpaired) electrons. The van der Waals surface area contributed by atoms with Crippen molar-refractivity contribution in [3.8, 4) is 22.6 Å². The first-order valence-electron chi connectivity index (χ1n) is 9.31. The number of aryl methyl sites for hydroxylation is 1. The maximum absolute atomic E-state index is 13.3. The summed E-state index contributed by atoms with van der Waals surface area (Å²) in [5.41, 5.74) is 1.55. The van der Waals surface area contributed by atoms with E-state index in [0.717, 1.165) is 0 Å². The van der Waals surface area contributed by atoms with Gasteiger partial charge >= 0.3 is 0 Å². The number of pyridine rings is 1. The number of halogens is 1. The van der Waals surface area contributed by atoms with Gasteiger partial charge in [0.2, 0.25) is 0 Å². The topological polar surface area (TPSA) is 87.9 Å². The number of hydrogen-bond acceptors (Lipinski definition) is 4. The van der Waals surface area contributed by atoms with Crippen LogP contribution in [0.1, 0.15) is 6.92 Å². The first-order chi connectivity index (χ1) is 14.3. The van der Waals surface area contributed by atoms with E-state index >= 15 is 0 Å². The summed E-state index contributed by atoms with van der Waals surface area (Å²) >= 11 is 0. The minimum atomic E-state index is -2.96. The van der Waals surface area contributed by atoms with E-state index in [4.69, 9.17) is 9.52 Å². The SMILES string of the molecule is CCS(=N)(=O)c1ccc(Oc2ccc(F)cc2)c(-c2cn(C)c(=O)c3[nH]ccc23)c1. The smallest absolute Gasteiger partial charge is 0.274 e. The fraction of sp³-hybridized carbons (Fsp3) is 0.136. The van der Waals surface area contributed by atoms with Crippen LogP contribution in [0.4, 0.5) is 4.39 Å². The third-order valence-electron chi connectivity index (χ3n) is 4.96. The van der Waals surface area contributed by atoms with Gasteiger partial charge in [0.25, 0.3) is 5.56 Å². The van der Waals surface area contributed by atoms with Crippen molar-refractivity contribution in [1.29, 1.82) is 4.78 Å². The van der Waals surface area contributed by atoms with Crippen LogP contribution in [0.3, 0.4) is 0 Å². The highest BCUT2D eigenvalue weighted by Crippen LogP contribution is 2.38. The molecule has 0 spiro atoms. The summed E-state index contributed by atoms with van der Waals surface area (Å²) in [6, 6.07) is 12.3. The van der Waals surface area contributed by atoms with Gasteiger partial charge in [0.15, 0.2) is 0 Å². The molecule has 0 fully saturated rings. The van der Waals surface area contributed by atoms with E-state index in [2.05, 4.69) is 4.98 Å². The molecule has 2 heterocycles. The molecule has 0 saturated heterocycles. The summed E-state index contributed by atoms with van der Waals surface area (Å²) in [7, 11) is -1.31. The van der Waals surface area contributed by atoms with Crippen LogP contribution in [0.2, 0.25) is 0 Å². The molecule has 4 rings (SSSR count). The number of ether oxygens (including phenoxy) is 1.